The molecule has 1 aliphatic heterocycles. The van der Waals surface area contributed by atoms with Crippen molar-refractivity contribution < 1.29 is 14.7 Å². The second-order valence-electron chi connectivity index (χ2n) is 4.28. The fraction of sp³-hybridized carbons (Fsp3) is 0.818. The second-order valence-corrected chi connectivity index (χ2v) is 5.31. The number of carbonyl (C=O) groups excluding carboxylic acids is 1. The summed E-state index contributed by atoms with van der Waals surface area (Å²) in [6, 6.07) is -0.180. The zero-order chi connectivity index (χ0) is 12.9. The standard InChI is InChI=1S/C11H20N2O3S/c1-3-11(4-2,10(15)16)6-12-9(14)8-5-17-7-13-8/h8,13H,3-7H2,1-2H3,(H,12,14)(H,15,16). The van der Waals surface area contributed by atoms with Gasteiger partial charge in [-0.15, -0.1) is 11.8 Å². The summed E-state index contributed by atoms with van der Waals surface area (Å²) in [5.41, 5.74) is -0.832. The first-order valence-corrected chi connectivity index (χ1v) is 7.03. The number of rotatable bonds is 6. The van der Waals surface area contributed by atoms with Gasteiger partial charge in [-0.3, -0.25) is 14.9 Å². The van der Waals surface area contributed by atoms with Crippen LogP contribution in [0.3, 0.4) is 0 Å². The summed E-state index contributed by atoms with van der Waals surface area (Å²) in [4.78, 5) is 23.0. The topological polar surface area (TPSA) is 78.4 Å². The van der Waals surface area contributed by atoms with Crippen LogP contribution in [0.1, 0.15) is 26.7 Å². The van der Waals surface area contributed by atoms with Gasteiger partial charge < -0.3 is 10.4 Å². The molecule has 0 aromatic carbocycles. The van der Waals surface area contributed by atoms with Crippen molar-refractivity contribution in [3.05, 3.63) is 0 Å². The van der Waals surface area contributed by atoms with E-state index in [1.54, 1.807) is 11.8 Å². The van der Waals surface area contributed by atoms with E-state index >= 15 is 0 Å². The zero-order valence-electron chi connectivity index (χ0n) is 10.3. The predicted octanol–water partition coefficient (Wildman–Crippen LogP) is 0.656. The normalized spacial score (nSPS) is 20.2. The van der Waals surface area contributed by atoms with Gasteiger partial charge >= 0.3 is 5.97 Å². The van der Waals surface area contributed by atoms with Gasteiger partial charge in [0.2, 0.25) is 5.91 Å². The predicted molar refractivity (Wildman–Crippen MR) is 67.9 cm³/mol. The summed E-state index contributed by atoms with van der Waals surface area (Å²) in [6.45, 7) is 3.89. The molecule has 0 aliphatic carbocycles. The molecule has 0 bridgehead atoms. The van der Waals surface area contributed by atoms with Gasteiger partial charge in [0.25, 0.3) is 0 Å². The third-order valence-corrected chi connectivity index (χ3v) is 4.38. The Morgan fingerprint density at radius 2 is 2.12 bits per heavy atom. The number of thioether (sulfide) groups is 1. The average Bonchev–Trinajstić information content (AvgIpc) is 2.84. The lowest BCUT2D eigenvalue weighted by atomic mass is 9.82. The SMILES string of the molecule is CCC(CC)(CNC(=O)C1CSCN1)C(=O)O. The number of aliphatic carboxylic acids is 1. The molecule has 0 spiro atoms. The molecular weight excluding hydrogens is 240 g/mol. The van der Waals surface area contributed by atoms with Crippen LogP contribution in [0.15, 0.2) is 0 Å². The molecule has 1 unspecified atom stereocenters. The molecule has 0 radical (unpaired) electrons. The van der Waals surface area contributed by atoms with Gasteiger partial charge in [0.15, 0.2) is 0 Å². The van der Waals surface area contributed by atoms with E-state index in [4.69, 9.17) is 0 Å². The van der Waals surface area contributed by atoms with Crippen molar-refractivity contribution in [3.63, 3.8) is 0 Å². The largest absolute Gasteiger partial charge is 0.481 e. The minimum absolute atomic E-state index is 0.0949. The highest BCUT2D eigenvalue weighted by molar-refractivity contribution is 7.99. The van der Waals surface area contributed by atoms with Crippen LogP contribution in [0.25, 0.3) is 0 Å². The lowest BCUT2D eigenvalue weighted by Crippen LogP contribution is -2.48. The van der Waals surface area contributed by atoms with Crippen LogP contribution in [-0.2, 0) is 9.59 Å². The highest BCUT2D eigenvalue weighted by atomic mass is 32.2. The Morgan fingerprint density at radius 1 is 1.47 bits per heavy atom. The fourth-order valence-electron chi connectivity index (χ4n) is 1.82. The fourth-order valence-corrected chi connectivity index (χ4v) is 2.76. The van der Waals surface area contributed by atoms with E-state index in [1.807, 2.05) is 13.8 Å². The van der Waals surface area contributed by atoms with Crippen LogP contribution >= 0.6 is 11.8 Å². The number of nitrogens with one attached hydrogen (secondary N) is 2. The van der Waals surface area contributed by atoms with Gasteiger partial charge in [-0.25, -0.2) is 0 Å². The van der Waals surface area contributed by atoms with Gasteiger partial charge in [-0.2, -0.15) is 0 Å². The van der Waals surface area contributed by atoms with E-state index < -0.39 is 11.4 Å². The second kappa shape index (κ2) is 6.26. The Balaban J connectivity index is 2.51. The van der Waals surface area contributed by atoms with E-state index in [1.165, 1.54) is 0 Å². The Bertz CT molecular complexity index is 286. The highest BCUT2D eigenvalue weighted by Crippen LogP contribution is 2.25. The molecule has 1 heterocycles. The molecular formula is C11H20N2O3S. The van der Waals surface area contributed by atoms with Crippen molar-refractivity contribution in [2.75, 3.05) is 18.2 Å². The van der Waals surface area contributed by atoms with E-state index in [9.17, 15) is 14.7 Å². The molecule has 1 amide bonds. The molecule has 3 N–H and O–H groups in total. The first kappa shape index (κ1) is 14.3. The third-order valence-electron chi connectivity index (χ3n) is 3.44. The molecule has 17 heavy (non-hydrogen) atoms. The first-order valence-electron chi connectivity index (χ1n) is 5.88. The van der Waals surface area contributed by atoms with Crippen molar-refractivity contribution in [2.45, 2.75) is 32.7 Å². The average molecular weight is 260 g/mol. The van der Waals surface area contributed by atoms with Crippen molar-refractivity contribution >= 4 is 23.6 Å². The molecule has 1 fully saturated rings. The smallest absolute Gasteiger partial charge is 0.311 e. The summed E-state index contributed by atoms with van der Waals surface area (Å²) in [7, 11) is 0. The number of amides is 1. The molecule has 0 aromatic rings. The van der Waals surface area contributed by atoms with Crippen LogP contribution in [0.5, 0.6) is 0 Å². The molecule has 6 heteroatoms. The molecule has 5 nitrogen and oxygen atoms in total. The lowest BCUT2D eigenvalue weighted by Gasteiger charge is -2.27. The number of hydrogen-bond donors (Lipinski definition) is 3. The van der Waals surface area contributed by atoms with Crippen molar-refractivity contribution in [1.82, 2.24) is 10.6 Å². The van der Waals surface area contributed by atoms with E-state index in [-0.39, 0.29) is 18.5 Å². The van der Waals surface area contributed by atoms with E-state index in [2.05, 4.69) is 10.6 Å². The molecule has 0 aromatic heterocycles. The van der Waals surface area contributed by atoms with Gasteiger partial charge in [-0.1, -0.05) is 13.8 Å². The Hall–Kier alpha value is -0.750. The molecule has 1 atom stereocenters. The van der Waals surface area contributed by atoms with Crippen LogP contribution in [0.4, 0.5) is 0 Å². The molecule has 0 saturated carbocycles. The maximum absolute atomic E-state index is 11.8. The number of hydrogen-bond acceptors (Lipinski definition) is 4. The van der Waals surface area contributed by atoms with Crippen LogP contribution in [0.2, 0.25) is 0 Å². The van der Waals surface area contributed by atoms with Gasteiger partial charge in [-0.05, 0) is 12.8 Å². The van der Waals surface area contributed by atoms with Crippen molar-refractivity contribution in [1.29, 1.82) is 0 Å². The minimum Gasteiger partial charge on any atom is -0.481 e. The third kappa shape index (κ3) is 3.35. The highest BCUT2D eigenvalue weighted by Gasteiger charge is 2.36. The Morgan fingerprint density at radius 3 is 2.53 bits per heavy atom. The van der Waals surface area contributed by atoms with E-state index in [0.717, 1.165) is 11.6 Å². The summed E-state index contributed by atoms with van der Waals surface area (Å²) in [6.07, 6.45) is 1.04. The molecule has 1 rings (SSSR count). The van der Waals surface area contributed by atoms with Crippen molar-refractivity contribution in [2.24, 2.45) is 5.41 Å². The van der Waals surface area contributed by atoms with Gasteiger partial charge in [0.1, 0.15) is 0 Å². The van der Waals surface area contributed by atoms with E-state index in [0.29, 0.717) is 12.8 Å². The quantitative estimate of drug-likeness (QED) is 0.654. The number of carbonyl (C=O) groups is 2. The van der Waals surface area contributed by atoms with Crippen LogP contribution in [0, 0.1) is 5.41 Å². The van der Waals surface area contributed by atoms with Crippen LogP contribution in [-0.4, -0.2) is 41.2 Å². The lowest BCUT2D eigenvalue weighted by molar-refractivity contribution is -0.149. The summed E-state index contributed by atoms with van der Waals surface area (Å²) in [5.74, 6) is 0.604. The monoisotopic (exact) mass is 260 g/mol. The minimum atomic E-state index is -0.837. The number of carboxylic acid groups (broad SMARTS) is 1. The summed E-state index contributed by atoms with van der Waals surface area (Å²) < 4.78 is 0. The number of carboxylic acids is 1. The van der Waals surface area contributed by atoms with Crippen LogP contribution < -0.4 is 10.6 Å². The van der Waals surface area contributed by atoms with Gasteiger partial charge in [0.05, 0.1) is 11.5 Å². The molecule has 1 saturated heterocycles. The maximum atomic E-state index is 11.8. The maximum Gasteiger partial charge on any atom is 0.311 e. The summed E-state index contributed by atoms with van der Waals surface area (Å²) in [5, 5.41) is 15.0. The van der Waals surface area contributed by atoms with Crippen molar-refractivity contribution in [3.8, 4) is 0 Å². The summed E-state index contributed by atoms with van der Waals surface area (Å²) >= 11 is 1.67. The Labute approximate surface area is 106 Å². The first-order chi connectivity index (χ1) is 8.05. The van der Waals surface area contributed by atoms with Gasteiger partial charge in [0, 0.05) is 18.2 Å². The molecule has 1 aliphatic rings. The Kier molecular flexibility index (Phi) is 5.27. The molecule has 98 valence electrons. The zero-order valence-corrected chi connectivity index (χ0v) is 11.1.